The Morgan fingerprint density at radius 3 is 2.83 bits per heavy atom. The quantitative estimate of drug-likeness (QED) is 0.832. The van der Waals surface area contributed by atoms with Crippen molar-refractivity contribution in [3.8, 4) is 5.75 Å². The first-order valence-electron chi connectivity index (χ1n) is 6.69. The molecule has 1 aromatic rings. The highest BCUT2D eigenvalue weighted by Crippen LogP contribution is 2.30. The molecular weight excluding hydrogens is 290 g/mol. The maximum Gasteiger partial charge on any atom is 0.126 e. The highest BCUT2D eigenvalue weighted by Gasteiger charge is 2.20. The number of ether oxygens (including phenoxy) is 1. The zero-order valence-corrected chi connectivity index (χ0v) is 13.1. The van der Waals surface area contributed by atoms with Gasteiger partial charge in [0.15, 0.2) is 0 Å². The standard InChI is InChI=1S/C15H22BrNO/c1-11-8-14(16)9-13(15(11)18-3)10-17-7-5-4-6-12(17)2/h8-9,12H,4-7,10H2,1-3H3. The third kappa shape index (κ3) is 3.07. The number of halogens is 1. The molecule has 0 spiro atoms. The molecule has 0 bridgehead atoms. The molecule has 18 heavy (non-hydrogen) atoms. The Hall–Kier alpha value is -0.540. The summed E-state index contributed by atoms with van der Waals surface area (Å²) in [6.07, 6.45) is 4.00. The average molecular weight is 312 g/mol. The van der Waals surface area contributed by atoms with Crippen molar-refractivity contribution in [3.63, 3.8) is 0 Å². The molecule has 1 aliphatic rings. The van der Waals surface area contributed by atoms with Crippen LogP contribution >= 0.6 is 15.9 Å². The van der Waals surface area contributed by atoms with Gasteiger partial charge in [0, 0.05) is 22.6 Å². The van der Waals surface area contributed by atoms with Crippen molar-refractivity contribution >= 4 is 15.9 Å². The SMILES string of the molecule is COc1c(C)cc(Br)cc1CN1CCCCC1C. The summed E-state index contributed by atoms with van der Waals surface area (Å²) in [7, 11) is 1.76. The van der Waals surface area contributed by atoms with Gasteiger partial charge in [-0.15, -0.1) is 0 Å². The fourth-order valence-corrected chi connectivity index (χ4v) is 3.44. The van der Waals surface area contributed by atoms with Gasteiger partial charge in [0.05, 0.1) is 7.11 Å². The number of benzene rings is 1. The summed E-state index contributed by atoms with van der Waals surface area (Å²) in [6, 6.07) is 4.98. The minimum atomic E-state index is 0.683. The van der Waals surface area contributed by atoms with Crippen LogP contribution in [0.25, 0.3) is 0 Å². The van der Waals surface area contributed by atoms with Crippen molar-refractivity contribution < 1.29 is 4.74 Å². The number of aryl methyl sites for hydroxylation is 1. The summed E-state index contributed by atoms with van der Waals surface area (Å²) in [6.45, 7) is 6.63. The third-order valence-electron chi connectivity index (χ3n) is 3.83. The second-order valence-electron chi connectivity index (χ2n) is 5.23. The molecule has 0 N–H and O–H groups in total. The minimum Gasteiger partial charge on any atom is -0.496 e. The first kappa shape index (κ1) is 13.9. The lowest BCUT2D eigenvalue weighted by atomic mass is 10.0. The van der Waals surface area contributed by atoms with Gasteiger partial charge in [-0.25, -0.2) is 0 Å². The molecule has 100 valence electrons. The zero-order chi connectivity index (χ0) is 13.1. The van der Waals surface area contributed by atoms with E-state index in [2.05, 4.69) is 46.8 Å². The van der Waals surface area contributed by atoms with Crippen molar-refractivity contribution in [1.29, 1.82) is 0 Å². The van der Waals surface area contributed by atoms with E-state index in [1.54, 1.807) is 7.11 Å². The van der Waals surface area contributed by atoms with Gasteiger partial charge in [0.2, 0.25) is 0 Å². The number of methoxy groups -OCH3 is 1. The molecule has 1 aliphatic heterocycles. The first-order chi connectivity index (χ1) is 8.61. The monoisotopic (exact) mass is 311 g/mol. The summed E-state index contributed by atoms with van der Waals surface area (Å²) in [5, 5.41) is 0. The van der Waals surface area contributed by atoms with Gasteiger partial charge >= 0.3 is 0 Å². The van der Waals surface area contributed by atoms with Crippen LogP contribution in [0.1, 0.15) is 37.3 Å². The van der Waals surface area contributed by atoms with Gasteiger partial charge < -0.3 is 4.74 Å². The summed E-state index contributed by atoms with van der Waals surface area (Å²) in [5.41, 5.74) is 2.49. The molecule has 1 fully saturated rings. The summed E-state index contributed by atoms with van der Waals surface area (Å²) >= 11 is 3.58. The van der Waals surface area contributed by atoms with Crippen molar-refractivity contribution in [1.82, 2.24) is 4.90 Å². The highest BCUT2D eigenvalue weighted by molar-refractivity contribution is 9.10. The Labute approximate surface area is 118 Å². The fraction of sp³-hybridized carbons (Fsp3) is 0.600. The molecule has 2 rings (SSSR count). The van der Waals surface area contributed by atoms with E-state index in [0.29, 0.717) is 6.04 Å². The Balaban J connectivity index is 2.22. The van der Waals surface area contributed by atoms with Crippen LogP contribution in [0.2, 0.25) is 0 Å². The van der Waals surface area contributed by atoms with Crippen LogP contribution in [0.15, 0.2) is 16.6 Å². The van der Waals surface area contributed by atoms with Crippen LogP contribution in [-0.2, 0) is 6.54 Å². The van der Waals surface area contributed by atoms with Gasteiger partial charge in [0.1, 0.15) is 5.75 Å². The smallest absolute Gasteiger partial charge is 0.126 e. The number of rotatable bonds is 3. The Bertz CT molecular complexity index is 419. The lowest BCUT2D eigenvalue weighted by molar-refractivity contribution is 0.151. The lowest BCUT2D eigenvalue weighted by Gasteiger charge is -2.33. The molecular formula is C15H22BrNO. The van der Waals surface area contributed by atoms with Crippen LogP contribution in [-0.4, -0.2) is 24.6 Å². The summed E-state index contributed by atoms with van der Waals surface area (Å²) < 4.78 is 6.70. The molecule has 2 nitrogen and oxygen atoms in total. The second-order valence-corrected chi connectivity index (χ2v) is 6.15. The predicted molar refractivity (Wildman–Crippen MR) is 79.2 cm³/mol. The molecule has 0 aliphatic carbocycles. The van der Waals surface area contributed by atoms with Crippen molar-refractivity contribution in [2.75, 3.05) is 13.7 Å². The van der Waals surface area contributed by atoms with Gasteiger partial charge in [-0.1, -0.05) is 22.4 Å². The molecule has 3 heteroatoms. The van der Waals surface area contributed by atoms with Gasteiger partial charge in [-0.05, 0) is 50.9 Å². The molecule has 0 aromatic heterocycles. The highest BCUT2D eigenvalue weighted by atomic mass is 79.9. The van der Waals surface area contributed by atoms with E-state index in [1.807, 2.05) is 0 Å². The van der Waals surface area contributed by atoms with Crippen molar-refractivity contribution in [2.24, 2.45) is 0 Å². The van der Waals surface area contributed by atoms with E-state index in [4.69, 9.17) is 4.74 Å². The largest absolute Gasteiger partial charge is 0.496 e. The molecule has 1 heterocycles. The Morgan fingerprint density at radius 1 is 1.39 bits per heavy atom. The fourth-order valence-electron chi connectivity index (χ4n) is 2.82. The zero-order valence-electron chi connectivity index (χ0n) is 11.5. The summed E-state index contributed by atoms with van der Waals surface area (Å²) in [5.74, 6) is 1.04. The van der Waals surface area contributed by atoms with Crippen LogP contribution < -0.4 is 4.74 Å². The number of nitrogens with zero attached hydrogens (tertiary/aromatic N) is 1. The maximum atomic E-state index is 5.56. The maximum absolute atomic E-state index is 5.56. The Kier molecular flexibility index (Phi) is 4.68. The van der Waals surface area contributed by atoms with E-state index in [0.717, 1.165) is 16.8 Å². The van der Waals surface area contributed by atoms with Crippen LogP contribution in [0.4, 0.5) is 0 Å². The molecule has 1 atom stereocenters. The molecule has 1 unspecified atom stereocenters. The molecule has 1 saturated heterocycles. The third-order valence-corrected chi connectivity index (χ3v) is 4.29. The molecule has 0 saturated carbocycles. The first-order valence-corrected chi connectivity index (χ1v) is 7.48. The number of likely N-dealkylation sites (tertiary alicyclic amines) is 1. The van der Waals surface area contributed by atoms with Gasteiger partial charge in [0.25, 0.3) is 0 Å². The van der Waals surface area contributed by atoms with Crippen molar-refractivity contribution in [3.05, 3.63) is 27.7 Å². The van der Waals surface area contributed by atoms with E-state index >= 15 is 0 Å². The van der Waals surface area contributed by atoms with Crippen molar-refractivity contribution in [2.45, 2.75) is 45.7 Å². The van der Waals surface area contributed by atoms with E-state index < -0.39 is 0 Å². The van der Waals surface area contributed by atoms with Gasteiger partial charge in [-0.2, -0.15) is 0 Å². The Morgan fingerprint density at radius 2 is 2.17 bits per heavy atom. The summed E-state index contributed by atoms with van der Waals surface area (Å²) in [4.78, 5) is 2.56. The topological polar surface area (TPSA) is 12.5 Å². The number of hydrogen-bond acceptors (Lipinski definition) is 2. The molecule has 1 aromatic carbocycles. The molecule has 0 radical (unpaired) electrons. The number of piperidine rings is 1. The van der Waals surface area contributed by atoms with Crippen LogP contribution in [0, 0.1) is 6.92 Å². The second kappa shape index (κ2) is 6.07. The molecule has 0 amide bonds. The lowest BCUT2D eigenvalue weighted by Crippen LogP contribution is -2.36. The van der Waals surface area contributed by atoms with E-state index in [9.17, 15) is 0 Å². The van der Waals surface area contributed by atoms with Gasteiger partial charge in [-0.3, -0.25) is 4.90 Å². The van der Waals surface area contributed by atoms with E-state index in [1.165, 1.54) is 36.9 Å². The average Bonchev–Trinajstić information content (AvgIpc) is 2.31. The van der Waals surface area contributed by atoms with E-state index in [-0.39, 0.29) is 0 Å². The minimum absolute atomic E-state index is 0.683. The number of hydrogen-bond donors (Lipinski definition) is 0. The normalized spacial score (nSPS) is 21.0. The van der Waals surface area contributed by atoms with Crippen LogP contribution in [0.5, 0.6) is 5.75 Å². The predicted octanol–water partition coefficient (Wildman–Crippen LogP) is 4.14. The van der Waals surface area contributed by atoms with Crippen LogP contribution in [0.3, 0.4) is 0 Å².